The second-order valence-electron chi connectivity index (χ2n) is 4.59. The van der Waals surface area contributed by atoms with Crippen molar-refractivity contribution in [3.63, 3.8) is 0 Å². The third-order valence-electron chi connectivity index (χ3n) is 3.32. The summed E-state index contributed by atoms with van der Waals surface area (Å²) in [6, 6.07) is 1.74. The molecule has 0 unspecified atom stereocenters. The van der Waals surface area contributed by atoms with E-state index in [9.17, 15) is 4.79 Å². The van der Waals surface area contributed by atoms with E-state index in [-0.39, 0.29) is 11.4 Å². The molecule has 0 bridgehead atoms. The first-order valence-electron chi connectivity index (χ1n) is 5.73. The summed E-state index contributed by atoms with van der Waals surface area (Å²) in [6.45, 7) is 2.33. The van der Waals surface area contributed by atoms with E-state index in [1.807, 2.05) is 6.92 Å². The third-order valence-corrected chi connectivity index (χ3v) is 3.32. The third kappa shape index (κ3) is 2.11. The van der Waals surface area contributed by atoms with E-state index in [0.29, 0.717) is 12.1 Å². The van der Waals surface area contributed by atoms with Crippen molar-refractivity contribution in [3.05, 3.63) is 23.7 Å². The van der Waals surface area contributed by atoms with E-state index in [4.69, 9.17) is 10.2 Å². The van der Waals surface area contributed by atoms with Crippen molar-refractivity contribution in [3.8, 4) is 0 Å². The van der Waals surface area contributed by atoms with Crippen LogP contribution in [-0.4, -0.2) is 18.0 Å². The number of nitrogens with two attached hydrogens (primary N) is 1. The minimum Gasteiger partial charge on any atom is -0.469 e. The molecule has 1 amide bonds. The summed E-state index contributed by atoms with van der Waals surface area (Å²) in [7, 11) is 0. The molecule has 0 aromatic carbocycles. The Kier molecular flexibility index (Phi) is 3.01. The number of rotatable bonds is 3. The molecule has 2 rings (SSSR count). The van der Waals surface area contributed by atoms with Gasteiger partial charge in [-0.3, -0.25) is 4.79 Å². The zero-order chi connectivity index (χ0) is 11.6. The van der Waals surface area contributed by atoms with Gasteiger partial charge in [-0.25, -0.2) is 0 Å². The van der Waals surface area contributed by atoms with Crippen LogP contribution in [0.25, 0.3) is 0 Å². The summed E-state index contributed by atoms with van der Waals surface area (Å²) in [4.78, 5) is 12.0. The molecular weight excluding hydrogens is 204 g/mol. The highest BCUT2D eigenvalue weighted by Gasteiger charge is 2.34. The molecule has 1 fully saturated rings. The predicted molar refractivity (Wildman–Crippen MR) is 61.2 cm³/mol. The maximum Gasteiger partial charge on any atom is 0.255 e. The Morgan fingerprint density at radius 1 is 1.56 bits per heavy atom. The molecule has 88 valence electrons. The summed E-state index contributed by atoms with van der Waals surface area (Å²) in [5.41, 5.74) is 6.15. The molecule has 4 nitrogen and oxygen atoms in total. The monoisotopic (exact) mass is 222 g/mol. The van der Waals surface area contributed by atoms with Crippen molar-refractivity contribution in [2.24, 2.45) is 5.73 Å². The van der Waals surface area contributed by atoms with Crippen LogP contribution in [0.3, 0.4) is 0 Å². The first kappa shape index (κ1) is 11.2. The predicted octanol–water partition coefficient (Wildman–Crippen LogP) is 1.59. The number of hydrogen-bond donors (Lipinski definition) is 2. The highest BCUT2D eigenvalue weighted by atomic mass is 16.3. The van der Waals surface area contributed by atoms with E-state index in [2.05, 4.69) is 5.32 Å². The molecule has 1 aliphatic rings. The van der Waals surface area contributed by atoms with Crippen molar-refractivity contribution >= 4 is 5.91 Å². The van der Waals surface area contributed by atoms with Crippen LogP contribution in [0.4, 0.5) is 0 Å². The molecule has 0 atom stereocenters. The van der Waals surface area contributed by atoms with Gasteiger partial charge in [0.2, 0.25) is 0 Å². The van der Waals surface area contributed by atoms with Crippen molar-refractivity contribution in [1.82, 2.24) is 5.32 Å². The molecule has 1 aromatic heterocycles. The maximum absolute atomic E-state index is 12.0. The molecule has 4 heteroatoms. The lowest BCUT2D eigenvalue weighted by Gasteiger charge is -2.28. The lowest BCUT2D eigenvalue weighted by molar-refractivity contribution is 0.0902. The molecule has 0 spiro atoms. The van der Waals surface area contributed by atoms with E-state index in [0.717, 1.165) is 31.4 Å². The van der Waals surface area contributed by atoms with Crippen LogP contribution in [0.15, 0.2) is 16.7 Å². The van der Waals surface area contributed by atoms with Crippen LogP contribution >= 0.6 is 0 Å². The minimum absolute atomic E-state index is 0.0794. The first-order valence-corrected chi connectivity index (χ1v) is 5.73. The maximum atomic E-state index is 12.0. The molecule has 0 aliphatic heterocycles. The van der Waals surface area contributed by atoms with Crippen molar-refractivity contribution in [2.45, 2.75) is 38.1 Å². The fraction of sp³-hybridized carbons (Fsp3) is 0.583. The number of hydrogen-bond acceptors (Lipinski definition) is 3. The Morgan fingerprint density at radius 2 is 2.25 bits per heavy atom. The zero-order valence-electron chi connectivity index (χ0n) is 9.58. The summed E-state index contributed by atoms with van der Waals surface area (Å²) in [5.74, 6) is 0.669. The molecule has 1 heterocycles. The van der Waals surface area contributed by atoms with Gasteiger partial charge in [0.05, 0.1) is 11.1 Å². The summed E-state index contributed by atoms with van der Waals surface area (Å²) in [6.07, 6.45) is 5.73. The largest absolute Gasteiger partial charge is 0.469 e. The smallest absolute Gasteiger partial charge is 0.255 e. The van der Waals surface area contributed by atoms with Crippen LogP contribution in [-0.2, 0) is 0 Å². The van der Waals surface area contributed by atoms with Crippen molar-refractivity contribution in [1.29, 1.82) is 0 Å². The van der Waals surface area contributed by atoms with Gasteiger partial charge in [-0.2, -0.15) is 0 Å². The normalized spacial score (nSPS) is 18.6. The quantitative estimate of drug-likeness (QED) is 0.816. The lowest BCUT2D eigenvalue weighted by atomic mass is 9.97. The van der Waals surface area contributed by atoms with Gasteiger partial charge in [-0.05, 0) is 25.8 Å². The van der Waals surface area contributed by atoms with Gasteiger partial charge in [0, 0.05) is 6.54 Å². The van der Waals surface area contributed by atoms with E-state index < -0.39 is 0 Å². The van der Waals surface area contributed by atoms with Crippen LogP contribution in [0, 0.1) is 6.92 Å². The highest BCUT2D eigenvalue weighted by Crippen LogP contribution is 2.29. The van der Waals surface area contributed by atoms with Gasteiger partial charge in [-0.15, -0.1) is 0 Å². The van der Waals surface area contributed by atoms with Crippen molar-refractivity contribution in [2.75, 3.05) is 6.54 Å². The van der Waals surface area contributed by atoms with Crippen LogP contribution in [0.5, 0.6) is 0 Å². The highest BCUT2D eigenvalue weighted by molar-refractivity contribution is 5.94. The standard InChI is InChI=1S/C12H18N2O2/c1-9-6-10(7-16-9)11(15)14-12(8-13)4-2-3-5-12/h6-7H,2-5,8,13H2,1H3,(H,14,15). The fourth-order valence-corrected chi connectivity index (χ4v) is 2.31. The Bertz CT molecular complexity index is 378. The van der Waals surface area contributed by atoms with Gasteiger partial charge in [0.15, 0.2) is 0 Å². The van der Waals surface area contributed by atoms with E-state index in [1.54, 1.807) is 6.07 Å². The molecule has 1 aliphatic carbocycles. The first-order chi connectivity index (χ1) is 7.65. The van der Waals surface area contributed by atoms with Gasteiger partial charge in [0.1, 0.15) is 12.0 Å². The fourth-order valence-electron chi connectivity index (χ4n) is 2.31. The minimum atomic E-state index is -0.192. The number of carbonyl (C=O) groups excluding carboxylic acids is 1. The van der Waals surface area contributed by atoms with Crippen molar-refractivity contribution < 1.29 is 9.21 Å². The average molecular weight is 222 g/mol. The molecule has 0 radical (unpaired) electrons. The second-order valence-corrected chi connectivity index (χ2v) is 4.59. The zero-order valence-corrected chi connectivity index (χ0v) is 9.58. The Labute approximate surface area is 95.2 Å². The summed E-state index contributed by atoms with van der Waals surface area (Å²) < 4.78 is 5.12. The van der Waals surface area contributed by atoms with Crippen LogP contribution in [0.1, 0.15) is 41.8 Å². The molecule has 0 saturated heterocycles. The molecule has 1 saturated carbocycles. The number of carbonyl (C=O) groups is 1. The van der Waals surface area contributed by atoms with E-state index in [1.165, 1.54) is 6.26 Å². The molecule has 16 heavy (non-hydrogen) atoms. The Balaban J connectivity index is 2.06. The molecular formula is C12H18N2O2. The van der Waals surface area contributed by atoms with Crippen LogP contribution < -0.4 is 11.1 Å². The van der Waals surface area contributed by atoms with Gasteiger partial charge in [0.25, 0.3) is 5.91 Å². The van der Waals surface area contributed by atoms with Gasteiger partial charge in [-0.1, -0.05) is 12.8 Å². The number of furan rings is 1. The molecule has 1 aromatic rings. The van der Waals surface area contributed by atoms with E-state index >= 15 is 0 Å². The summed E-state index contributed by atoms with van der Waals surface area (Å²) >= 11 is 0. The lowest BCUT2D eigenvalue weighted by Crippen LogP contribution is -2.51. The Morgan fingerprint density at radius 3 is 2.75 bits per heavy atom. The topological polar surface area (TPSA) is 68.3 Å². The number of amides is 1. The number of aryl methyl sites for hydroxylation is 1. The average Bonchev–Trinajstić information content (AvgIpc) is 2.88. The SMILES string of the molecule is Cc1cc(C(=O)NC2(CN)CCCC2)co1. The van der Waals surface area contributed by atoms with Gasteiger partial charge >= 0.3 is 0 Å². The molecule has 3 N–H and O–H groups in total. The van der Waals surface area contributed by atoms with Crippen LogP contribution in [0.2, 0.25) is 0 Å². The Hall–Kier alpha value is -1.29. The second kappa shape index (κ2) is 4.29. The number of nitrogens with one attached hydrogen (secondary N) is 1. The summed E-state index contributed by atoms with van der Waals surface area (Å²) in [5, 5.41) is 3.05. The van der Waals surface area contributed by atoms with Gasteiger partial charge < -0.3 is 15.5 Å².